The molecule has 0 spiro atoms. The minimum absolute atomic E-state index is 0.151. The van der Waals surface area contributed by atoms with Gasteiger partial charge in [0.25, 0.3) is 5.91 Å². The molecule has 0 radical (unpaired) electrons. The van der Waals surface area contributed by atoms with Gasteiger partial charge in [-0.1, -0.05) is 11.6 Å². The topological polar surface area (TPSA) is 40.6 Å². The molecule has 2 saturated heterocycles. The number of anilines is 1. The molecular formula is C13H13ClN2O2S. The molecule has 2 aliphatic rings. The molecule has 1 aromatic rings. The summed E-state index contributed by atoms with van der Waals surface area (Å²) in [6.45, 7) is 4.00. The predicted octanol–water partition coefficient (Wildman–Crippen LogP) is 2.96. The lowest BCUT2D eigenvalue weighted by Crippen LogP contribution is -2.41. The van der Waals surface area contributed by atoms with Crippen molar-refractivity contribution in [3.8, 4) is 0 Å². The van der Waals surface area contributed by atoms with Gasteiger partial charge in [-0.2, -0.15) is 0 Å². The lowest BCUT2D eigenvalue weighted by Gasteiger charge is -2.22. The predicted molar refractivity (Wildman–Crippen MR) is 76.5 cm³/mol. The number of carbonyl (C=O) groups excluding carboxylic acids is 2. The summed E-state index contributed by atoms with van der Waals surface area (Å²) in [6, 6.07) is 6.14. The zero-order chi connectivity index (χ0) is 13.8. The number of hydrogen-bond acceptors (Lipinski definition) is 3. The summed E-state index contributed by atoms with van der Waals surface area (Å²) in [6.07, 6.45) is 0. The highest BCUT2D eigenvalue weighted by Crippen LogP contribution is 2.44. The van der Waals surface area contributed by atoms with E-state index in [0.29, 0.717) is 16.6 Å². The van der Waals surface area contributed by atoms with Crippen LogP contribution in [0.2, 0.25) is 5.02 Å². The van der Waals surface area contributed by atoms with Crippen molar-refractivity contribution in [3.63, 3.8) is 0 Å². The molecule has 4 nitrogen and oxygen atoms in total. The quantitative estimate of drug-likeness (QED) is 0.748. The smallest absolute Gasteiger partial charge is 0.301 e. The standard InChI is InChI=1S/C13H13ClN2O2S/c1-13(2)10-11(17)16(12(18)15(10)7-19-13)9-5-3-8(14)4-6-9/h3-6,10H,7H2,1-2H3/t10-/m0/s1. The second kappa shape index (κ2) is 4.15. The first-order valence-corrected chi connectivity index (χ1v) is 7.32. The molecule has 1 aromatic carbocycles. The summed E-state index contributed by atoms with van der Waals surface area (Å²) in [7, 11) is 0. The Balaban J connectivity index is 1.99. The Labute approximate surface area is 120 Å². The Bertz CT molecular complexity index is 558. The second-order valence-corrected chi connectivity index (χ2v) is 7.22. The zero-order valence-electron chi connectivity index (χ0n) is 10.6. The van der Waals surface area contributed by atoms with Crippen LogP contribution in [0.25, 0.3) is 0 Å². The van der Waals surface area contributed by atoms with Gasteiger partial charge < -0.3 is 4.90 Å². The number of rotatable bonds is 1. The van der Waals surface area contributed by atoms with E-state index < -0.39 is 0 Å². The van der Waals surface area contributed by atoms with Crippen LogP contribution < -0.4 is 4.90 Å². The highest BCUT2D eigenvalue weighted by Gasteiger charge is 2.56. The van der Waals surface area contributed by atoms with Crippen molar-refractivity contribution in [1.29, 1.82) is 0 Å². The van der Waals surface area contributed by atoms with Crippen molar-refractivity contribution in [2.24, 2.45) is 0 Å². The molecule has 0 unspecified atom stereocenters. The minimum Gasteiger partial charge on any atom is -0.301 e. The summed E-state index contributed by atoms with van der Waals surface area (Å²) >= 11 is 7.47. The normalized spacial score (nSPS) is 25.1. The lowest BCUT2D eigenvalue weighted by molar-refractivity contribution is -0.119. The van der Waals surface area contributed by atoms with Crippen LogP contribution in [-0.2, 0) is 4.79 Å². The Morgan fingerprint density at radius 2 is 1.89 bits per heavy atom. The van der Waals surface area contributed by atoms with Gasteiger partial charge in [-0.3, -0.25) is 4.79 Å². The number of benzene rings is 1. The Morgan fingerprint density at radius 3 is 2.47 bits per heavy atom. The van der Waals surface area contributed by atoms with Crippen LogP contribution >= 0.6 is 23.4 Å². The molecular weight excluding hydrogens is 284 g/mol. The minimum atomic E-state index is -0.374. The van der Waals surface area contributed by atoms with Gasteiger partial charge in [-0.15, -0.1) is 11.8 Å². The zero-order valence-corrected chi connectivity index (χ0v) is 12.2. The fraction of sp³-hybridized carbons (Fsp3) is 0.385. The van der Waals surface area contributed by atoms with E-state index in [-0.39, 0.29) is 22.7 Å². The average Bonchev–Trinajstić information content (AvgIpc) is 2.79. The number of amides is 3. The number of thioether (sulfide) groups is 1. The average molecular weight is 297 g/mol. The molecule has 0 bridgehead atoms. The van der Waals surface area contributed by atoms with Crippen LogP contribution in [0.4, 0.5) is 10.5 Å². The molecule has 19 heavy (non-hydrogen) atoms. The number of nitrogens with zero attached hydrogens (tertiary/aromatic N) is 2. The van der Waals surface area contributed by atoms with Gasteiger partial charge in [0, 0.05) is 9.77 Å². The fourth-order valence-electron chi connectivity index (χ4n) is 2.53. The van der Waals surface area contributed by atoms with E-state index in [4.69, 9.17) is 11.6 Å². The Morgan fingerprint density at radius 1 is 1.26 bits per heavy atom. The van der Waals surface area contributed by atoms with Crippen molar-refractivity contribution in [1.82, 2.24) is 4.90 Å². The molecule has 3 amide bonds. The van der Waals surface area contributed by atoms with E-state index >= 15 is 0 Å². The van der Waals surface area contributed by atoms with Gasteiger partial charge in [0.05, 0.1) is 11.6 Å². The van der Waals surface area contributed by atoms with Gasteiger partial charge in [-0.25, -0.2) is 9.69 Å². The first kappa shape index (κ1) is 12.8. The molecule has 1 atom stereocenters. The maximum atomic E-state index is 12.5. The van der Waals surface area contributed by atoms with Gasteiger partial charge in [-0.05, 0) is 38.1 Å². The van der Waals surface area contributed by atoms with Gasteiger partial charge in [0.1, 0.15) is 6.04 Å². The summed E-state index contributed by atoms with van der Waals surface area (Å²) < 4.78 is -0.242. The van der Waals surface area contributed by atoms with Crippen molar-refractivity contribution < 1.29 is 9.59 Å². The molecule has 0 aliphatic carbocycles. The molecule has 2 heterocycles. The van der Waals surface area contributed by atoms with Crippen LogP contribution in [0.5, 0.6) is 0 Å². The monoisotopic (exact) mass is 296 g/mol. The fourth-order valence-corrected chi connectivity index (χ4v) is 3.78. The molecule has 0 N–H and O–H groups in total. The number of hydrogen-bond donors (Lipinski definition) is 0. The summed E-state index contributed by atoms with van der Waals surface area (Å²) in [5.41, 5.74) is 0.578. The summed E-state index contributed by atoms with van der Waals surface area (Å²) in [4.78, 5) is 27.8. The maximum absolute atomic E-state index is 12.5. The van der Waals surface area contributed by atoms with E-state index in [1.54, 1.807) is 40.9 Å². The highest BCUT2D eigenvalue weighted by atomic mass is 35.5. The van der Waals surface area contributed by atoms with Crippen molar-refractivity contribution >= 4 is 41.0 Å². The van der Waals surface area contributed by atoms with E-state index in [0.717, 1.165) is 0 Å². The number of imide groups is 1. The van der Waals surface area contributed by atoms with Crippen molar-refractivity contribution in [2.45, 2.75) is 24.6 Å². The molecule has 6 heteroatoms. The van der Waals surface area contributed by atoms with Crippen LogP contribution in [0.3, 0.4) is 0 Å². The number of urea groups is 1. The summed E-state index contributed by atoms with van der Waals surface area (Å²) in [5, 5.41) is 0.583. The van der Waals surface area contributed by atoms with Crippen LogP contribution in [0, 0.1) is 0 Å². The van der Waals surface area contributed by atoms with Crippen LogP contribution in [-0.4, -0.2) is 33.5 Å². The van der Waals surface area contributed by atoms with Gasteiger partial charge in [0.15, 0.2) is 0 Å². The van der Waals surface area contributed by atoms with Crippen molar-refractivity contribution in [2.75, 3.05) is 10.8 Å². The molecule has 2 fully saturated rings. The van der Waals surface area contributed by atoms with Crippen LogP contribution in [0.15, 0.2) is 24.3 Å². The van der Waals surface area contributed by atoms with Gasteiger partial charge >= 0.3 is 6.03 Å². The largest absolute Gasteiger partial charge is 0.332 e. The van der Waals surface area contributed by atoms with E-state index in [1.807, 2.05) is 13.8 Å². The third kappa shape index (κ3) is 1.83. The number of carbonyl (C=O) groups is 2. The Hall–Kier alpha value is -1.20. The van der Waals surface area contributed by atoms with Crippen molar-refractivity contribution in [3.05, 3.63) is 29.3 Å². The number of fused-ring (bicyclic) bond motifs is 1. The summed E-state index contributed by atoms with van der Waals surface area (Å²) in [5.74, 6) is 0.411. The third-order valence-electron chi connectivity index (χ3n) is 3.52. The van der Waals surface area contributed by atoms with E-state index in [1.165, 1.54) is 4.90 Å². The highest BCUT2D eigenvalue weighted by molar-refractivity contribution is 8.00. The first-order valence-electron chi connectivity index (χ1n) is 5.96. The van der Waals surface area contributed by atoms with Crippen LogP contribution in [0.1, 0.15) is 13.8 Å². The second-order valence-electron chi connectivity index (χ2n) is 5.18. The van der Waals surface area contributed by atoms with Gasteiger partial charge in [0.2, 0.25) is 0 Å². The lowest BCUT2D eigenvalue weighted by atomic mass is 10.0. The number of halogens is 1. The first-order chi connectivity index (χ1) is 8.92. The maximum Gasteiger partial charge on any atom is 0.332 e. The molecule has 100 valence electrons. The molecule has 0 saturated carbocycles. The third-order valence-corrected chi connectivity index (χ3v) is 5.15. The van der Waals surface area contributed by atoms with E-state index in [2.05, 4.69) is 0 Å². The SMILES string of the molecule is CC1(C)SCN2C(=O)N(c3ccc(Cl)cc3)C(=O)[C@H]21. The molecule has 0 aromatic heterocycles. The Kier molecular flexibility index (Phi) is 2.80. The molecule has 3 rings (SSSR count). The molecule has 2 aliphatic heterocycles. The van der Waals surface area contributed by atoms with E-state index in [9.17, 15) is 9.59 Å².